The number of carbonyl (C=O) groups excluding carboxylic acids is 1. The van der Waals surface area contributed by atoms with Crippen LogP contribution in [0.1, 0.15) is 24.9 Å². The van der Waals surface area contributed by atoms with E-state index in [2.05, 4.69) is 5.32 Å². The van der Waals surface area contributed by atoms with Gasteiger partial charge in [0.2, 0.25) is 0 Å². The SMILES string of the molecule is CCC1=C(O)C(=O)NC1c1ccccc1. The van der Waals surface area contributed by atoms with Crippen molar-refractivity contribution < 1.29 is 9.90 Å². The van der Waals surface area contributed by atoms with Crippen LogP contribution in [0, 0.1) is 0 Å². The van der Waals surface area contributed by atoms with Crippen LogP contribution in [0.2, 0.25) is 0 Å². The Balaban J connectivity index is 2.37. The molecule has 1 aliphatic heterocycles. The van der Waals surface area contributed by atoms with Crippen LogP contribution < -0.4 is 5.32 Å². The summed E-state index contributed by atoms with van der Waals surface area (Å²) >= 11 is 0. The Labute approximate surface area is 88.4 Å². The van der Waals surface area contributed by atoms with E-state index in [1.807, 2.05) is 37.3 Å². The normalized spacial score (nSPS) is 20.6. The molecule has 0 fully saturated rings. The Hall–Kier alpha value is -1.77. The summed E-state index contributed by atoms with van der Waals surface area (Å²) in [5.41, 5.74) is 1.78. The number of hydrogen-bond donors (Lipinski definition) is 2. The summed E-state index contributed by atoms with van der Waals surface area (Å²) in [7, 11) is 0. The second kappa shape index (κ2) is 3.77. The molecule has 0 saturated heterocycles. The molecule has 3 heteroatoms. The molecule has 1 aliphatic rings. The van der Waals surface area contributed by atoms with Gasteiger partial charge in [-0.1, -0.05) is 37.3 Å². The van der Waals surface area contributed by atoms with Crippen LogP contribution in [0.3, 0.4) is 0 Å². The van der Waals surface area contributed by atoms with Crippen molar-refractivity contribution in [3.05, 3.63) is 47.2 Å². The lowest BCUT2D eigenvalue weighted by Crippen LogP contribution is -2.21. The molecule has 1 aromatic rings. The minimum Gasteiger partial charge on any atom is -0.503 e. The second-order valence-electron chi connectivity index (χ2n) is 3.54. The topological polar surface area (TPSA) is 49.3 Å². The number of aliphatic hydroxyl groups excluding tert-OH is 1. The van der Waals surface area contributed by atoms with Gasteiger partial charge in [-0.25, -0.2) is 0 Å². The van der Waals surface area contributed by atoms with Crippen molar-refractivity contribution in [2.24, 2.45) is 0 Å². The molecular formula is C12H13NO2. The molecule has 0 spiro atoms. The van der Waals surface area contributed by atoms with Gasteiger partial charge in [0.05, 0.1) is 6.04 Å². The fraction of sp³-hybridized carbons (Fsp3) is 0.250. The fourth-order valence-electron chi connectivity index (χ4n) is 1.87. The molecule has 0 aliphatic carbocycles. The number of benzene rings is 1. The Morgan fingerprint density at radius 1 is 1.33 bits per heavy atom. The zero-order valence-electron chi connectivity index (χ0n) is 8.53. The zero-order valence-corrected chi connectivity index (χ0v) is 8.53. The molecule has 78 valence electrons. The van der Waals surface area contributed by atoms with Gasteiger partial charge in [-0.15, -0.1) is 0 Å². The molecule has 0 radical (unpaired) electrons. The first-order valence-electron chi connectivity index (χ1n) is 5.02. The monoisotopic (exact) mass is 203 g/mol. The highest BCUT2D eigenvalue weighted by atomic mass is 16.3. The average Bonchev–Trinajstić information content (AvgIpc) is 2.56. The van der Waals surface area contributed by atoms with Gasteiger partial charge in [0.1, 0.15) is 0 Å². The first kappa shape index (κ1) is 9.77. The van der Waals surface area contributed by atoms with Crippen LogP contribution >= 0.6 is 0 Å². The summed E-state index contributed by atoms with van der Waals surface area (Å²) in [5, 5.41) is 12.3. The van der Waals surface area contributed by atoms with Gasteiger partial charge in [0.25, 0.3) is 5.91 Å². The Morgan fingerprint density at radius 2 is 2.00 bits per heavy atom. The van der Waals surface area contributed by atoms with Crippen LogP contribution in [0.25, 0.3) is 0 Å². The van der Waals surface area contributed by atoms with Gasteiger partial charge in [0.15, 0.2) is 5.76 Å². The zero-order chi connectivity index (χ0) is 10.8. The van der Waals surface area contributed by atoms with Crippen molar-refractivity contribution in [1.29, 1.82) is 0 Å². The van der Waals surface area contributed by atoms with Gasteiger partial charge in [-0.2, -0.15) is 0 Å². The number of hydrogen-bond acceptors (Lipinski definition) is 2. The number of aliphatic hydroxyl groups is 1. The molecule has 2 N–H and O–H groups in total. The van der Waals surface area contributed by atoms with Gasteiger partial charge in [0, 0.05) is 5.57 Å². The standard InChI is InChI=1S/C12H13NO2/c1-2-9-10(13-12(15)11(9)14)8-6-4-3-5-7-8/h3-7,10,14H,2H2,1H3,(H,13,15). The minimum absolute atomic E-state index is 0.119. The van der Waals surface area contributed by atoms with Crippen molar-refractivity contribution in [3.63, 3.8) is 0 Å². The second-order valence-corrected chi connectivity index (χ2v) is 3.54. The largest absolute Gasteiger partial charge is 0.503 e. The number of rotatable bonds is 2. The first-order valence-corrected chi connectivity index (χ1v) is 5.02. The molecule has 15 heavy (non-hydrogen) atoms. The van der Waals surface area contributed by atoms with Crippen LogP contribution in [0.4, 0.5) is 0 Å². The lowest BCUT2D eigenvalue weighted by Gasteiger charge is -2.13. The lowest BCUT2D eigenvalue weighted by atomic mass is 9.99. The molecule has 0 saturated carbocycles. The van der Waals surface area contributed by atoms with Gasteiger partial charge >= 0.3 is 0 Å². The highest BCUT2D eigenvalue weighted by molar-refractivity contribution is 5.95. The highest BCUT2D eigenvalue weighted by Gasteiger charge is 2.30. The Morgan fingerprint density at radius 3 is 2.60 bits per heavy atom. The van der Waals surface area contributed by atoms with Crippen molar-refractivity contribution >= 4 is 5.91 Å². The predicted molar refractivity (Wildman–Crippen MR) is 57.3 cm³/mol. The summed E-state index contributed by atoms with van der Waals surface area (Å²) in [4.78, 5) is 11.3. The van der Waals surface area contributed by atoms with Crippen molar-refractivity contribution in [2.75, 3.05) is 0 Å². The van der Waals surface area contributed by atoms with E-state index in [0.29, 0.717) is 6.42 Å². The summed E-state index contributed by atoms with van der Waals surface area (Å²) in [6, 6.07) is 9.49. The van der Waals surface area contributed by atoms with Crippen LogP contribution in [-0.2, 0) is 4.79 Å². The van der Waals surface area contributed by atoms with E-state index in [0.717, 1.165) is 11.1 Å². The quantitative estimate of drug-likeness (QED) is 0.773. The third-order valence-electron chi connectivity index (χ3n) is 2.66. The van der Waals surface area contributed by atoms with E-state index in [4.69, 9.17) is 0 Å². The molecule has 1 atom stereocenters. The van der Waals surface area contributed by atoms with Gasteiger partial charge in [-0.05, 0) is 12.0 Å². The van der Waals surface area contributed by atoms with Crippen molar-refractivity contribution in [3.8, 4) is 0 Å². The molecule has 1 amide bonds. The molecule has 1 aromatic carbocycles. The first-order chi connectivity index (χ1) is 7.24. The summed E-state index contributed by atoms with van der Waals surface area (Å²) < 4.78 is 0. The molecule has 0 bridgehead atoms. The number of amides is 1. The smallest absolute Gasteiger partial charge is 0.286 e. The molecule has 0 aromatic heterocycles. The Bertz CT molecular complexity index is 409. The maximum Gasteiger partial charge on any atom is 0.286 e. The van der Waals surface area contributed by atoms with Crippen molar-refractivity contribution in [2.45, 2.75) is 19.4 Å². The van der Waals surface area contributed by atoms with E-state index >= 15 is 0 Å². The highest BCUT2D eigenvalue weighted by Crippen LogP contribution is 2.30. The summed E-state index contributed by atoms with van der Waals surface area (Å²) in [6.45, 7) is 1.93. The summed E-state index contributed by atoms with van der Waals surface area (Å²) in [6.07, 6.45) is 0.671. The van der Waals surface area contributed by atoms with Crippen molar-refractivity contribution in [1.82, 2.24) is 5.32 Å². The third kappa shape index (κ3) is 1.61. The van der Waals surface area contributed by atoms with Gasteiger partial charge in [-0.3, -0.25) is 4.79 Å². The van der Waals surface area contributed by atoms with E-state index in [-0.39, 0.29) is 17.7 Å². The van der Waals surface area contributed by atoms with Crippen LogP contribution in [-0.4, -0.2) is 11.0 Å². The van der Waals surface area contributed by atoms with Gasteiger partial charge < -0.3 is 10.4 Å². The van der Waals surface area contributed by atoms with E-state index in [9.17, 15) is 9.90 Å². The molecule has 2 rings (SSSR count). The van der Waals surface area contributed by atoms with E-state index in [1.165, 1.54) is 0 Å². The predicted octanol–water partition coefficient (Wildman–Crippen LogP) is 2.08. The summed E-state index contributed by atoms with van der Waals surface area (Å²) in [5.74, 6) is -0.493. The minimum atomic E-state index is -0.374. The maximum atomic E-state index is 11.3. The van der Waals surface area contributed by atoms with Crippen LogP contribution in [0.5, 0.6) is 0 Å². The molecule has 1 unspecified atom stereocenters. The fourth-order valence-corrected chi connectivity index (χ4v) is 1.87. The number of nitrogens with one attached hydrogen (secondary N) is 1. The number of carbonyl (C=O) groups is 1. The van der Waals surface area contributed by atoms with E-state index in [1.54, 1.807) is 0 Å². The maximum absolute atomic E-state index is 11.3. The lowest BCUT2D eigenvalue weighted by molar-refractivity contribution is -0.119. The Kier molecular flexibility index (Phi) is 2.46. The molecular weight excluding hydrogens is 190 g/mol. The van der Waals surface area contributed by atoms with E-state index < -0.39 is 0 Å². The average molecular weight is 203 g/mol. The van der Waals surface area contributed by atoms with Crippen LogP contribution in [0.15, 0.2) is 41.7 Å². The molecule has 1 heterocycles. The molecule has 3 nitrogen and oxygen atoms in total. The third-order valence-corrected chi connectivity index (χ3v) is 2.66.